The predicted octanol–water partition coefficient (Wildman–Crippen LogP) is 3.20. The van der Waals surface area contributed by atoms with Crippen LogP contribution in [0.2, 0.25) is 0 Å². The van der Waals surface area contributed by atoms with Gasteiger partial charge >= 0.3 is 6.09 Å². The minimum atomic E-state index is -0.529. The number of hydrogen-bond donors (Lipinski definition) is 0. The molecule has 1 saturated heterocycles. The standard InChI is InChI=1S/C18H28N2O3/c1-18(2,3)23-17(22)19-5-4-15(21)20(19)16-13-7-11-6-12(9-13)10-14(16)8-11/h11-14,16H,4-10H2,1-3H3. The Morgan fingerprint density at radius 2 is 1.61 bits per heavy atom. The molecule has 128 valence electrons. The number of ether oxygens (including phenoxy) is 1. The van der Waals surface area contributed by atoms with Crippen LogP contribution < -0.4 is 0 Å². The van der Waals surface area contributed by atoms with Crippen LogP contribution in [-0.4, -0.2) is 40.2 Å². The number of rotatable bonds is 1. The van der Waals surface area contributed by atoms with Crippen LogP contribution >= 0.6 is 0 Å². The Kier molecular flexibility index (Phi) is 3.40. The zero-order chi connectivity index (χ0) is 16.4. The third-order valence-corrected chi connectivity index (χ3v) is 6.12. The molecule has 23 heavy (non-hydrogen) atoms. The summed E-state index contributed by atoms with van der Waals surface area (Å²) in [6.45, 7) is 6.08. The van der Waals surface area contributed by atoms with Gasteiger partial charge in [-0.2, -0.15) is 0 Å². The van der Waals surface area contributed by atoms with E-state index in [0.29, 0.717) is 24.8 Å². The molecular weight excluding hydrogens is 292 g/mol. The minimum absolute atomic E-state index is 0.105. The van der Waals surface area contributed by atoms with Gasteiger partial charge in [0, 0.05) is 6.42 Å². The van der Waals surface area contributed by atoms with Crippen molar-refractivity contribution in [2.45, 2.75) is 70.9 Å². The fourth-order valence-electron chi connectivity index (χ4n) is 5.68. The van der Waals surface area contributed by atoms with Crippen LogP contribution in [0.15, 0.2) is 0 Å². The Hall–Kier alpha value is -1.26. The maximum Gasteiger partial charge on any atom is 0.429 e. The molecule has 0 unspecified atom stereocenters. The normalized spacial score (nSPS) is 39.3. The largest absolute Gasteiger partial charge is 0.442 e. The lowest BCUT2D eigenvalue weighted by atomic mass is 9.54. The molecule has 0 atom stereocenters. The van der Waals surface area contributed by atoms with E-state index in [0.717, 1.165) is 11.8 Å². The zero-order valence-corrected chi connectivity index (χ0v) is 14.5. The van der Waals surface area contributed by atoms with Crippen LogP contribution in [0, 0.1) is 23.7 Å². The number of nitrogens with zero attached hydrogens (tertiary/aromatic N) is 2. The smallest absolute Gasteiger partial charge is 0.429 e. The molecule has 5 fully saturated rings. The highest BCUT2D eigenvalue weighted by Gasteiger charge is 2.54. The van der Waals surface area contributed by atoms with Gasteiger partial charge in [0.05, 0.1) is 12.6 Å². The van der Waals surface area contributed by atoms with Crippen LogP contribution in [0.5, 0.6) is 0 Å². The van der Waals surface area contributed by atoms with Gasteiger partial charge in [0.25, 0.3) is 0 Å². The quantitative estimate of drug-likeness (QED) is 0.745. The van der Waals surface area contributed by atoms with Gasteiger partial charge in [0.2, 0.25) is 5.91 Å². The van der Waals surface area contributed by atoms with Crippen molar-refractivity contribution in [1.29, 1.82) is 0 Å². The lowest BCUT2D eigenvalue weighted by molar-refractivity contribution is -0.161. The molecule has 1 aliphatic heterocycles. The maximum absolute atomic E-state index is 12.6. The third-order valence-electron chi connectivity index (χ3n) is 6.12. The summed E-state index contributed by atoms with van der Waals surface area (Å²) in [6, 6.07) is 0.227. The Bertz CT molecular complexity index is 497. The second kappa shape index (κ2) is 5.12. The molecule has 5 heteroatoms. The molecule has 1 heterocycles. The van der Waals surface area contributed by atoms with E-state index in [9.17, 15) is 9.59 Å². The Morgan fingerprint density at radius 1 is 1.04 bits per heavy atom. The van der Waals surface area contributed by atoms with E-state index in [1.807, 2.05) is 20.8 Å². The van der Waals surface area contributed by atoms with E-state index in [4.69, 9.17) is 4.74 Å². The molecule has 0 radical (unpaired) electrons. The molecule has 4 bridgehead atoms. The van der Waals surface area contributed by atoms with Gasteiger partial charge in [-0.1, -0.05) is 0 Å². The average molecular weight is 320 g/mol. The van der Waals surface area contributed by atoms with Crippen LogP contribution in [0.25, 0.3) is 0 Å². The summed E-state index contributed by atoms with van der Waals surface area (Å²) >= 11 is 0. The summed E-state index contributed by atoms with van der Waals surface area (Å²) in [4.78, 5) is 25.1. The van der Waals surface area contributed by atoms with Gasteiger partial charge in [-0.3, -0.25) is 4.79 Å². The van der Waals surface area contributed by atoms with E-state index in [-0.39, 0.29) is 18.0 Å². The summed E-state index contributed by atoms with van der Waals surface area (Å²) in [6.07, 6.45) is 6.42. The Morgan fingerprint density at radius 3 is 2.13 bits per heavy atom. The molecule has 0 aromatic rings. The summed E-state index contributed by atoms with van der Waals surface area (Å²) in [5.41, 5.74) is -0.529. The molecule has 5 aliphatic rings. The summed E-state index contributed by atoms with van der Waals surface area (Å²) in [5, 5.41) is 3.40. The lowest BCUT2D eigenvalue weighted by Gasteiger charge is -2.57. The van der Waals surface area contributed by atoms with Gasteiger partial charge in [0.15, 0.2) is 0 Å². The van der Waals surface area contributed by atoms with Crippen molar-refractivity contribution < 1.29 is 14.3 Å². The van der Waals surface area contributed by atoms with Crippen molar-refractivity contribution >= 4 is 12.0 Å². The van der Waals surface area contributed by atoms with Gasteiger partial charge in [0.1, 0.15) is 5.60 Å². The fourth-order valence-corrected chi connectivity index (χ4v) is 5.68. The van der Waals surface area contributed by atoms with Gasteiger partial charge in [-0.15, -0.1) is 0 Å². The second-order valence-corrected chi connectivity index (χ2v) is 9.01. The number of carbonyl (C=O) groups is 2. The number of amides is 2. The second-order valence-electron chi connectivity index (χ2n) is 9.01. The number of hydrazine groups is 1. The van der Waals surface area contributed by atoms with E-state index < -0.39 is 5.60 Å². The fraction of sp³-hybridized carbons (Fsp3) is 0.889. The topological polar surface area (TPSA) is 49.9 Å². The van der Waals surface area contributed by atoms with Crippen molar-refractivity contribution in [3.05, 3.63) is 0 Å². The Labute approximate surface area is 138 Å². The van der Waals surface area contributed by atoms with E-state index >= 15 is 0 Å². The first-order valence-corrected chi connectivity index (χ1v) is 9.14. The van der Waals surface area contributed by atoms with Crippen molar-refractivity contribution in [3.8, 4) is 0 Å². The van der Waals surface area contributed by atoms with Crippen LogP contribution in [0.4, 0.5) is 4.79 Å². The molecule has 4 aliphatic carbocycles. The monoisotopic (exact) mass is 320 g/mol. The van der Waals surface area contributed by atoms with Gasteiger partial charge in [-0.05, 0) is 76.5 Å². The molecular formula is C18H28N2O3. The molecule has 5 rings (SSSR count). The Balaban J connectivity index is 1.56. The lowest BCUT2D eigenvalue weighted by Crippen LogP contribution is -2.61. The molecule has 0 N–H and O–H groups in total. The number of hydrogen-bond acceptors (Lipinski definition) is 3. The third kappa shape index (κ3) is 2.62. The molecule has 4 saturated carbocycles. The van der Waals surface area contributed by atoms with Crippen molar-refractivity contribution in [1.82, 2.24) is 10.0 Å². The SMILES string of the molecule is CC(C)(C)OC(=O)N1CCC(=O)N1C1C2CC3CC(C2)CC1C3. The molecule has 0 aromatic carbocycles. The highest BCUT2D eigenvalue weighted by molar-refractivity contribution is 5.83. The number of carbonyl (C=O) groups excluding carboxylic acids is 2. The van der Waals surface area contributed by atoms with Crippen molar-refractivity contribution in [3.63, 3.8) is 0 Å². The van der Waals surface area contributed by atoms with Crippen LogP contribution in [0.3, 0.4) is 0 Å². The highest BCUT2D eigenvalue weighted by Crippen LogP contribution is 2.55. The van der Waals surface area contributed by atoms with Crippen LogP contribution in [-0.2, 0) is 9.53 Å². The first-order chi connectivity index (χ1) is 10.8. The highest BCUT2D eigenvalue weighted by atomic mass is 16.6. The van der Waals surface area contributed by atoms with E-state index in [1.54, 1.807) is 10.0 Å². The van der Waals surface area contributed by atoms with E-state index in [1.165, 1.54) is 32.1 Å². The molecule has 0 spiro atoms. The molecule has 0 aromatic heterocycles. The van der Waals surface area contributed by atoms with Crippen molar-refractivity contribution in [2.24, 2.45) is 23.7 Å². The molecule has 2 amide bonds. The van der Waals surface area contributed by atoms with E-state index in [2.05, 4.69) is 0 Å². The van der Waals surface area contributed by atoms with Gasteiger partial charge < -0.3 is 4.74 Å². The first kappa shape index (κ1) is 15.3. The van der Waals surface area contributed by atoms with Crippen molar-refractivity contribution in [2.75, 3.05) is 6.54 Å². The predicted molar refractivity (Wildman–Crippen MR) is 85.2 cm³/mol. The average Bonchev–Trinajstić information content (AvgIpc) is 2.78. The summed E-state index contributed by atoms with van der Waals surface area (Å²) in [5.74, 6) is 2.99. The van der Waals surface area contributed by atoms with Gasteiger partial charge in [-0.25, -0.2) is 14.8 Å². The maximum atomic E-state index is 12.6. The zero-order valence-electron chi connectivity index (χ0n) is 14.5. The summed E-state index contributed by atoms with van der Waals surface area (Å²) < 4.78 is 5.54. The first-order valence-electron chi connectivity index (χ1n) is 9.14. The summed E-state index contributed by atoms with van der Waals surface area (Å²) in [7, 11) is 0. The minimum Gasteiger partial charge on any atom is -0.442 e. The molecule has 5 nitrogen and oxygen atoms in total. The van der Waals surface area contributed by atoms with Crippen LogP contribution in [0.1, 0.15) is 59.3 Å².